The second kappa shape index (κ2) is 6.18. The fourth-order valence-corrected chi connectivity index (χ4v) is 4.91. The molecule has 0 saturated carbocycles. The zero-order valence-electron chi connectivity index (χ0n) is 15.4. The first-order chi connectivity index (χ1) is 14.0. The van der Waals surface area contributed by atoms with Crippen molar-refractivity contribution in [3.63, 3.8) is 0 Å². The van der Waals surface area contributed by atoms with Crippen molar-refractivity contribution in [2.75, 3.05) is 10.0 Å². The molecule has 1 aliphatic rings. The van der Waals surface area contributed by atoms with E-state index in [9.17, 15) is 13.2 Å². The third-order valence-electron chi connectivity index (χ3n) is 5.01. The van der Waals surface area contributed by atoms with Crippen molar-refractivity contribution in [1.82, 2.24) is 9.78 Å². The van der Waals surface area contributed by atoms with Gasteiger partial charge in [-0.2, -0.15) is 5.10 Å². The number of hydrogen-bond donors (Lipinski definition) is 2. The minimum atomic E-state index is -3.93. The zero-order chi connectivity index (χ0) is 20.2. The number of para-hydroxylation sites is 1. The Labute approximate surface area is 167 Å². The van der Waals surface area contributed by atoms with Crippen molar-refractivity contribution in [2.45, 2.75) is 11.8 Å². The number of nitrogens with zero attached hydrogens (tertiary/aromatic N) is 2. The van der Waals surface area contributed by atoms with Gasteiger partial charge in [0.15, 0.2) is 0 Å². The SMILES string of the molecule is Cc1ccccc1-n1nccc1NS(=O)(=O)c1ccc2c3c(cccc13)C(=O)N2. The van der Waals surface area contributed by atoms with Gasteiger partial charge in [0.2, 0.25) is 0 Å². The average molecular weight is 404 g/mol. The monoisotopic (exact) mass is 404 g/mol. The van der Waals surface area contributed by atoms with E-state index in [1.165, 1.54) is 6.07 Å². The van der Waals surface area contributed by atoms with E-state index in [0.29, 0.717) is 27.8 Å². The van der Waals surface area contributed by atoms with Crippen LogP contribution in [0.25, 0.3) is 16.5 Å². The largest absolute Gasteiger partial charge is 0.321 e. The summed E-state index contributed by atoms with van der Waals surface area (Å²) in [5.41, 5.74) is 2.83. The van der Waals surface area contributed by atoms with Crippen molar-refractivity contribution in [1.29, 1.82) is 0 Å². The Morgan fingerprint density at radius 1 is 1.00 bits per heavy atom. The molecular weight excluding hydrogens is 388 g/mol. The number of hydrogen-bond acceptors (Lipinski definition) is 4. The van der Waals surface area contributed by atoms with Gasteiger partial charge in [-0.1, -0.05) is 30.3 Å². The summed E-state index contributed by atoms with van der Waals surface area (Å²) in [5, 5.41) is 8.15. The minimum absolute atomic E-state index is 0.104. The van der Waals surface area contributed by atoms with E-state index in [2.05, 4.69) is 15.1 Å². The van der Waals surface area contributed by atoms with Gasteiger partial charge in [-0.25, -0.2) is 13.1 Å². The molecule has 29 heavy (non-hydrogen) atoms. The lowest BCUT2D eigenvalue weighted by Gasteiger charge is -2.14. The van der Waals surface area contributed by atoms with Gasteiger partial charge in [0.1, 0.15) is 5.82 Å². The van der Waals surface area contributed by atoms with Crippen molar-refractivity contribution in [3.05, 3.63) is 78.0 Å². The number of sulfonamides is 1. The highest BCUT2D eigenvalue weighted by atomic mass is 32.2. The first-order valence-corrected chi connectivity index (χ1v) is 10.4. The predicted octanol–water partition coefficient (Wildman–Crippen LogP) is 3.70. The molecule has 5 rings (SSSR count). The summed E-state index contributed by atoms with van der Waals surface area (Å²) in [7, 11) is -3.93. The molecule has 2 heterocycles. The Balaban J connectivity index is 1.62. The highest BCUT2D eigenvalue weighted by Crippen LogP contribution is 2.37. The van der Waals surface area contributed by atoms with Crippen LogP contribution in [0.1, 0.15) is 15.9 Å². The van der Waals surface area contributed by atoms with E-state index >= 15 is 0 Å². The first kappa shape index (κ1) is 17.4. The van der Waals surface area contributed by atoms with Crippen molar-refractivity contribution in [2.24, 2.45) is 0 Å². The molecule has 0 spiro atoms. The summed E-state index contributed by atoms with van der Waals surface area (Å²) >= 11 is 0. The highest BCUT2D eigenvalue weighted by Gasteiger charge is 2.27. The summed E-state index contributed by atoms with van der Waals surface area (Å²) in [6.45, 7) is 1.93. The normalized spacial score (nSPS) is 12.9. The van der Waals surface area contributed by atoms with Gasteiger partial charge in [0.25, 0.3) is 15.9 Å². The van der Waals surface area contributed by atoms with Crippen LogP contribution in [0.4, 0.5) is 11.5 Å². The van der Waals surface area contributed by atoms with E-state index in [0.717, 1.165) is 11.3 Å². The maximum atomic E-state index is 13.2. The second-order valence-electron chi connectivity index (χ2n) is 6.81. The smallest absolute Gasteiger partial charge is 0.263 e. The summed E-state index contributed by atoms with van der Waals surface area (Å²) < 4.78 is 30.7. The summed E-state index contributed by atoms with van der Waals surface area (Å²) in [6, 6.07) is 17.4. The van der Waals surface area contributed by atoms with E-state index < -0.39 is 10.0 Å². The molecule has 4 aromatic rings. The van der Waals surface area contributed by atoms with Gasteiger partial charge < -0.3 is 5.32 Å². The van der Waals surface area contributed by atoms with Gasteiger partial charge >= 0.3 is 0 Å². The minimum Gasteiger partial charge on any atom is -0.321 e. The molecule has 3 aromatic carbocycles. The average Bonchev–Trinajstić information content (AvgIpc) is 3.27. The Morgan fingerprint density at radius 3 is 2.66 bits per heavy atom. The Kier molecular flexibility index (Phi) is 3.72. The van der Waals surface area contributed by atoms with E-state index in [4.69, 9.17) is 0 Å². The number of rotatable bonds is 4. The topological polar surface area (TPSA) is 93.1 Å². The van der Waals surface area contributed by atoms with E-state index in [1.54, 1.807) is 41.2 Å². The predicted molar refractivity (Wildman–Crippen MR) is 111 cm³/mol. The Morgan fingerprint density at radius 2 is 1.83 bits per heavy atom. The lowest BCUT2D eigenvalue weighted by molar-refractivity contribution is 0.103. The van der Waals surface area contributed by atoms with Crippen LogP contribution in [-0.2, 0) is 10.0 Å². The fraction of sp³-hybridized carbons (Fsp3) is 0.0476. The molecule has 0 radical (unpaired) electrons. The van der Waals surface area contributed by atoms with Crippen LogP contribution < -0.4 is 10.0 Å². The van der Waals surface area contributed by atoms with Crippen LogP contribution in [0.3, 0.4) is 0 Å². The van der Waals surface area contributed by atoms with Crippen LogP contribution >= 0.6 is 0 Å². The number of aryl methyl sites for hydroxylation is 1. The Bertz CT molecular complexity index is 1410. The molecule has 0 unspecified atom stereocenters. The first-order valence-electron chi connectivity index (χ1n) is 8.96. The molecule has 144 valence electrons. The molecule has 2 N–H and O–H groups in total. The van der Waals surface area contributed by atoms with Crippen LogP contribution in [0.15, 0.2) is 71.8 Å². The molecule has 1 amide bonds. The standard InChI is InChI=1S/C21H16N4O3S/c1-13-5-2-3-8-17(13)25-19(11-12-22-25)24-29(27,28)18-10-9-16-20-14(18)6-4-7-15(20)21(26)23-16/h2-12,24H,1H3,(H,23,26). The van der Waals surface area contributed by atoms with Crippen LogP contribution in [0, 0.1) is 6.92 Å². The third kappa shape index (κ3) is 2.68. The molecule has 1 aliphatic heterocycles. The number of carbonyl (C=O) groups is 1. The summed E-state index contributed by atoms with van der Waals surface area (Å²) in [5.74, 6) is 0.0995. The zero-order valence-corrected chi connectivity index (χ0v) is 16.2. The molecule has 1 aromatic heterocycles. The molecule has 0 bridgehead atoms. The second-order valence-corrected chi connectivity index (χ2v) is 8.46. The third-order valence-corrected chi connectivity index (χ3v) is 6.42. The number of nitrogens with one attached hydrogen (secondary N) is 2. The molecule has 0 saturated heterocycles. The fourth-order valence-electron chi connectivity index (χ4n) is 3.66. The maximum Gasteiger partial charge on any atom is 0.263 e. The highest BCUT2D eigenvalue weighted by molar-refractivity contribution is 7.93. The van der Waals surface area contributed by atoms with Gasteiger partial charge in [0, 0.05) is 28.1 Å². The van der Waals surface area contributed by atoms with Crippen LogP contribution in [0.2, 0.25) is 0 Å². The van der Waals surface area contributed by atoms with Crippen LogP contribution in [-0.4, -0.2) is 24.1 Å². The molecule has 0 atom stereocenters. The number of aromatic nitrogens is 2. The van der Waals surface area contributed by atoms with E-state index in [-0.39, 0.29) is 10.8 Å². The molecule has 0 fully saturated rings. The molecule has 8 heteroatoms. The maximum absolute atomic E-state index is 13.2. The lowest BCUT2D eigenvalue weighted by atomic mass is 10.1. The summed E-state index contributed by atoms with van der Waals surface area (Å²) in [4.78, 5) is 12.2. The molecule has 7 nitrogen and oxygen atoms in total. The van der Waals surface area contributed by atoms with Gasteiger partial charge in [0.05, 0.1) is 16.8 Å². The Hall–Kier alpha value is -3.65. The van der Waals surface area contributed by atoms with Gasteiger partial charge in [-0.3, -0.25) is 9.52 Å². The van der Waals surface area contributed by atoms with Gasteiger partial charge in [-0.15, -0.1) is 0 Å². The molecular formula is C21H16N4O3S. The van der Waals surface area contributed by atoms with Crippen LogP contribution in [0.5, 0.6) is 0 Å². The number of amides is 1. The number of benzene rings is 3. The summed E-state index contributed by atoms with van der Waals surface area (Å²) in [6.07, 6.45) is 1.54. The quantitative estimate of drug-likeness (QED) is 0.542. The number of carbonyl (C=O) groups excluding carboxylic acids is 1. The van der Waals surface area contributed by atoms with Crippen molar-refractivity contribution >= 4 is 38.2 Å². The van der Waals surface area contributed by atoms with Crippen molar-refractivity contribution in [3.8, 4) is 5.69 Å². The number of anilines is 2. The molecule has 0 aliphatic carbocycles. The van der Waals surface area contributed by atoms with E-state index in [1.807, 2.05) is 31.2 Å². The van der Waals surface area contributed by atoms with Gasteiger partial charge in [-0.05, 0) is 36.8 Å². The lowest BCUT2D eigenvalue weighted by Crippen LogP contribution is -2.16. The van der Waals surface area contributed by atoms with Crippen molar-refractivity contribution < 1.29 is 13.2 Å².